The molecule has 2 aromatic rings. The van der Waals surface area contributed by atoms with E-state index in [-0.39, 0.29) is 16.2 Å². The molecule has 4 rings (SSSR count). The highest BCUT2D eigenvalue weighted by atomic mass is 14.7. The molecule has 0 saturated carbocycles. The minimum atomic E-state index is -0.129. The number of hydrogen-bond acceptors (Lipinski definition) is 0. The maximum Gasteiger partial charge on any atom is 0.0241 e. The van der Waals surface area contributed by atoms with Crippen molar-refractivity contribution in [3.63, 3.8) is 0 Å². The van der Waals surface area contributed by atoms with Crippen molar-refractivity contribution in [2.45, 2.75) is 49.4 Å². The average molecular weight is 381 g/mol. The first-order valence-electron chi connectivity index (χ1n) is 10.8. The number of aryl methyl sites for hydroxylation is 1. The molecule has 0 aliphatic heterocycles. The van der Waals surface area contributed by atoms with Gasteiger partial charge in [0.05, 0.1) is 0 Å². The van der Waals surface area contributed by atoms with Crippen LogP contribution >= 0.6 is 0 Å². The Bertz CT molecular complexity index is 952. The molecule has 0 nitrogen and oxygen atoms in total. The van der Waals surface area contributed by atoms with E-state index in [1.165, 1.54) is 22.3 Å². The zero-order valence-electron chi connectivity index (χ0n) is 17.5. The van der Waals surface area contributed by atoms with Crippen LogP contribution in [0.5, 0.6) is 0 Å². The highest BCUT2D eigenvalue weighted by molar-refractivity contribution is 5.57. The Balaban J connectivity index is 2.12. The molecule has 2 aliphatic rings. The van der Waals surface area contributed by atoms with Crippen LogP contribution in [0.2, 0.25) is 0 Å². The molecule has 148 valence electrons. The molecule has 2 aromatic carbocycles. The van der Waals surface area contributed by atoms with Gasteiger partial charge < -0.3 is 0 Å². The monoisotopic (exact) mass is 380 g/mol. The first-order valence-corrected chi connectivity index (χ1v) is 10.8. The summed E-state index contributed by atoms with van der Waals surface area (Å²) in [6.07, 6.45) is 14.7. The van der Waals surface area contributed by atoms with Crippen LogP contribution in [0.1, 0.15) is 47.9 Å². The lowest BCUT2D eigenvalue weighted by atomic mass is 9.46. The summed E-state index contributed by atoms with van der Waals surface area (Å²) in [6, 6.07) is 18.0. The third-order valence-electron chi connectivity index (χ3n) is 7.83. The minimum absolute atomic E-state index is 0.0139. The van der Waals surface area contributed by atoms with E-state index in [2.05, 4.69) is 99.2 Å². The molecule has 0 heteroatoms. The largest absolute Gasteiger partial charge is 0.103 e. The molecule has 29 heavy (non-hydrogen) atoms. The van der Waals surface area contributed by atoms with Crippen LogP contribution in [0.4, 0.5) is 0 Å². The van der Waals surface area contributed by atoms with E-state index in [0.29, 0.717) is 0 Å². The summed E-state index contributed by atoms with van der Waals surface area (Å²) in [7, 11) is 0. The predicted octanol–water partition coefficient (Wildman–Crippen LogP) is 7.27. The van der Waals surface area contributed by atoms with E-state index in [0.717, 1.165) is 38.5 Å². The van der Waals surface area contributed by atoms with Crippen LogP contribution in [0.3, 0.4) is 0 Å². The SMILES string of the molecule is C=CCC1(CC=C)Cc2ccccc2C1(CC=C)C1(C=C)CCc2ccccc21. The van der Waals surface area contributed by atoms with Crippen LogP contribution in [-0.2, 0) is 23.7 Å². The number of hydrogen-bond donors (Lipinski definition) is 0. The third-order valence-corrected chi connectivity index (χ3v) is 7.83. The van der Waals surface area contributed by atoms with Crippen LogP contribution in [-0.4, -0.2) is 0 Å². The second-order valence-corrected chi connectivity index (χ2v) is 8.83. The predicted molar refractivity (Wildman–Crippen MR) is 125 cm³/mol. The molecule has 2 unspecified atom stereocenters. The Morgan fingerprint density at radius 1 is 0.724 bits per heavy atom. The highest BCUT2D eigenvalue weighted by Crippen LogP contribution is 2.68. The molecule has 0 aromatic heterocycles. The standard InChI is InChI=1S/C29H32/c1-5-18-27(19-6-2)22-24-14-10-12-16-26(24)29(27,20-7-3)28(8-4)21-17-23-13-9-11-15-25(23)28/h5-16H,1-4,17-22H2. The molecule has 0 N–H and O–H groups in total. The van der Waals surface area contributed by atoms with Crippen molar-refractivity contribution in [3.8, 4) is 0 Å². The van der Waals surface area contributed by atoms with Gasteiger partial charge in [0.25, 0.3) is 0 Å². The minimum Gasteiger partial charge on any atom is -0.103 e. The zero-order valence-corrected chi connectivity index (χ0v) is 17.5. The van der Waals surface area contributed by atoms with Gasteiger partial charge in [0, 0.05) is 10.8 Å². The number of allylic oxidation sites excluding steroid dienone is 4. The smallest absolute Gasteiger partial charge is 0.0241 e. The van der Waals surface area contributed by atoms with Crippen LogP contribution in [0.25, 0.3) is 0 Å². The third kappa shape index (κ3) is 2.45. The fraction of sp³-hybridized carbons (Fsp3) is 0.310. The lowest BCUT2D eigenvalue weighted by molar-refractivity contribution is 0.0742. The highest BCUT2D eigenvalue weighted by Gasteiger charge is 2.65. The molecule has 0 heterocycles. The van der Waals surface area contributed by atoms with Crippen molar-refractivity contribution in [2.75, 3.05) is 0 Å². The van der Waals surface area contributed by atoms with Crippen molar-refractivity contribution in [1.82, 2.24) is 0 Å². The van der Waals surface area contributed by atoms with E-state index in [1.807, 2.05) is 0 Å². The zero-order chi connectivity index (χ0) is 20.5. The Hall–Kier alpha value is -2.60. The fourth-order valence-electron chi connectivity index (χ4n) is 6.93. The molecular formula is C29H32. The summed E-state index contributed by atoms with van der Waals surface area (Å²) in [5, 5.41) is 0. The van der Waals surface area contributed by atoms with Crippen molar-refractivity contribution < 1.29 is 0 Å². The normalized spacial score (nSPS) is 26.3. The van der Waals surface area contributed by atoms with E-state index >= 15 is 0 Å². The van der Waals surface area contributed by atoms with Crippen LogP contribution < -0.4 is 0 Å². The summed E-state index contributed by atoms with van der Waals surface area (Å²) in [5.41, 5.74) is 5.62. The summed E-state index contributed by atoms with van der Waals surface area (Å²) in [4.78, 5) is 0. The second-order valence-electron chi connectivity index (χ2n) is 8.83. The van der Waals surface area contributed by atoms with Crippen molar-refractivity contribution in [3.05, 3.63) is 121 Å². The van der Waals surface area contributed by atoms with Gasteiger partial charge in [-0.2, -0.15) is 0 Å². The van der Waals surface area contributed by atoms with Gasteiger partial charge in [-0.3, -0.25) is 0 Å². The molecule has 0 fully saturated rings. The number of rotatable bonds is 8. The van der Waals surface area contributed by atoms with Gasteiger partial charge in [0.1, 0.15) is 0 Å². The first-order chi connectivity index (χ1) is 14.1. The molecule has 0 radical (unpaired) electrons. The van der Waals surface area contributed by atoms with E-state index in [9.17, 15) is 0 Å². The maximum absolute atomic E-state index is 4.46. The number of fused-ring (bicyclic) bond motifs is 2. The Labute approximate surface area is 176 Å². The second kappa shape index (κ2) is 7.34. The van der Waals surface area contributed by atoms with Gasteiger partial charge in [0.15, 0.2) is 0 Å². The van der Waals surface area contributed by atoms with Crippen LogP contribution in [0, 0.1) is 5.41 Å². The lowest BCUT2D eigenvalue weighted by Gasteiger charge is -2.56. The summed E-state index contributed by atoms with van der Waals surface area (Å²) >= 11 is 0. The topological polar surface area (TPSA) is 0 Å². The lowest BCUT2D eigenvalue weighted by Crippen LogP contribution is -2.55. The summed E-state index contributed by atoms with van der Waals surface area (Å²) < 4.78 is 0. The van der Waals surface area contributed by atoms with Gasteiger partial charge >= 0.3 is 0 Å². The molecule has 2 atom stereocenters. The van der Waals surface area contributed by atoms with E-state index < -0.39 is 0 Å². The van der Waals surface area contributed by atoms with Crippen LogP contribution in [0.15, 0.2) is 99.2 Å². The van der Waals surface area contributed by atoms with Gasteiger partial charge in [-0.1, -0.05) is 72.8 Å². The number of benzene rings is 2. The Kier molecular flexibility index (Phi) is 4.99. The van der Waals surface area contributed by atoms with Gasteiger partial charge in [-0.05, 0) is 66.2 Å². The van der Waals surface area contributed by atoms with Crippen molar-refractivity contribution >= 4 is 0 Å². The molecule has 0 amide bonds. The quantitative estimate of drug-likeness (QED) is 0.423. The Morgan fingerprint density at radius 2 is 1.31 bits per heavy atom. The molecule has 0 saturated heterocycles. The summed E-state index contributed by atoms with van der Waals surface area (Å²) in [5.74, 6) is 0. The van der Waals surface area contributed by atoms with Crippen molar-refractivity contribution in [2.24, 2.45) is 5.41 Å². The van der Waals surface area contributed by atoms with E-state index in [1.54, 1.807) is 0 Å². The van der Waals surface area contributed by atoms with Gasteiger partial charge in [-0.15, -0.1) is 26.3 Å². The molecule has 0 spiro atoms. The summed E-state index contributed by atoms with van der Waals surface area (Å²) in [6.45, 7) is 17.0. The van der Waals surface area contributed by atoms with E-state index in [4.69, 9.17) is 0 Å². The van der Waals surface area contributed by atoms with Gasteiger partial charge in [0.2, 0.25) is 0 Å². The van der Waals surface area contributed by atoms with Gasteiger partial charge in [-0.25, -0.2) is 0 Å². The Morgan fingerprint density at radius 3 is 1.93 bits per heavy atom. The first kappa shape index (κ1) is 19.7. The maximum atomic E-state index is 4.46. The van der Waals surface area contributed by atoms with Crippen molar-refractivity contribution in [1.29, 1.82) is 0 Å². The average Bonchev–Trinajstić information content (AvgIpc) is 3.25. The molecular weight excluding hydrogens is 348 g/mol. The molecule has 0 bridgehead atoms. The molecule has 2 aliphatic carbocycles. The fourth-order valence-corrected chi connectivity index (χ4v) is 6.93.